The first kappa shape index (κ1) is 16.3. The van der Waals surface area contributed by atoms with Crippen LogP contribution in [0.3, 0.4) is 0 Å². The van der Waals surface area contributed by atoms with Gasteiger partial charge in [0.15, 0.2) is 11.6 Å². The van der Waals surface area contributed by atoms with Crippen LogP contribution in [0.25, 0.3) is 11.3 Å². The minimum atomic E-state index is 0.241. The van der Waals surface area contributed by atoms with Gasteiger partial charge in [0.05, 0.1) is 11.4 Å². The van der Waals surface area contributed by atoms with Crippen molar-refractivity contribution in [2.75, 3.05) is 18.8 Å². The first-order chi connectivity index (χ1) is 13.2. The van der Waals surface area contributed by atoms with Gasteiger partial charge in [-0.05, 0) is 43.7 Å². The highest BCUT2D eigenvalue weighted by molar-refractivity contribution is 5.64. The molecule has 3 N–H and O–H groups in total. The summed E-state index contributed by atoms with van der Waals surface area (Å²) >= 11 is 0. The number of hydrogen-bond acceptors (Lipinski definition) is 6. The van der Waals surface area contributed by atoms with E-state index in [0.717, 1.165) is 36.6 Å². The molecule has 5 heterocycles. The quantitative estimate of drug-likeness (QED) is 0.739. The lowest BCUT2D eigenvalue weighted by Crippen LogP contribution is -2.25. The Morgan fingerprint density at radius 1 is 1.22 bits per heavy atom. The lowest BCUT2D eigenvalue weighted by Gasteiger charge is -2.20. The van der Waals surface area contributed by atoms with Crippen molar-refractivity contribution in [2.45, 2.75) is 31.4 Å². The predicted octanol–water partition coefficient (Wildman–Crippen LogP) is 2.14. The maximum absolute atomic E-state index is 6.01. The maximum Gasteiger partial charge on any atom is 0.166 e. The Morgan fingerprint density at radius 2 is 2.19 bits per heavy atom. The van der Waals surface area contributed by atoms with Gasteiger partial charge in [0, 0.05) is 42.2 Å². The molecule has 3 aromatic rings. The van der Waals surface area contributed by atoms with E-state index in [9.17, 15) is 0 Å². The van der Waals surface area contributed by atoms with Gasteiger partial charge in [0.25, 0.3) is 0 Å². The zero-order chi connectivity index (χ0) is 18.3. The van der Waals surface area contributed by atoms with Crippen molar-refractivity contribution >= 4 is 5.82 Å². The average molecular weight is 362 g/mol. The second-order valence-electron chi connectivity index (χ2n) is 7.31. The number of rotatable bonds is 4. The van der Waals surface area contributed by atoms with Crippen molar-refractivity contribution in [3.63, 3.8) is 0 Å². The van der Waals surface area contributed by atoms with E-state index < -0.39 is 0 Å². The van der Waals surface area contributed by atoms with Gasteiger partial charge >= 0.3 is 0 Å². The van der Waals surface area contributed by atoms with Gasteiger partial charge < -0.3 is 15.8 Å². The summed E-state index contributed by atoms with van der Waals surface area (Å²) in [5, 5.41) is 8.31. The highest BCUT2D eigenvalue weighted by atomic mass is 16.5. The molecular formula is C20H22N6O. The Hall–Kier alpha value is -2.93. The number of fused-ring (bicyclic) bond motifs is 2. The summed E-state index contributed by atoms with van der Waals surface area (Å²) in [4.78, 5) is 8.58. The fraction of sp³-hybridized carbons (Fsp3) is 0.350. The van der Waals surface area contributed by atoms with Gasteiger partial charge in [-0.15, -0.1) is 0 Å². The van der Waals surface area contributed by atoms with Crippen molar-refractivity contribution in [2.24, 2.45) is 0 Å². The van der Waals surface area contributed by atoms with E-state index in [1.807, 2.05) is 24.3 Å². The Morgan fingerprint density at radius 3 is 3.00 bits per heavy atom. The third kappa shape index (κ3) is 2.84. The fourth-order valence-electron chi connectivity index (χ4n) is 4.12. The molecule has 0 aromatic carbocycles. The highest BCUT2D eigenvalue weighted by Gasteiger charge is 2.42. The molecule has 2 aliphatic heterocycles. The van der Waals surface area contributed by atoms with Gasteiger partial charge in [-0.25, -0.2) is 4.98 Å². The van der Waals surface area contributed by atoms with Crippen LogP contribution in [-0.2, 0) is 18.6 Å². The number of aromatic nitrogens is 4. The Balaban J connectivity index is 1.41. The van der Waals surface area contributed by atoms with Crippen molar-refractivity contribution in [1.82, 2.24) is 25.1 Å². The Kier molecular flexibility index (Phi) is 3.82. The molecule has 1 saturated heterocycles. The molecule has 5 rings (SSSR count). The molecule has 138 valence electrons. The molecule has 1 fully saturated rings. The SMILES string of the molecule is Nc1ncc(-c2cc3n(n2)CCC32CCNC2)cc1OCc1ccccn1. The number of nitrogen functional groups attached to an aromatic ring is 1. The summed E-state index contributed by atoms with van der Waals surface area (Å²) in [6.45, 7) is 3.44. The predicted molar refractivity (Wildman–Crippen MR) is 102 cm³/mol. The van der Waals surface area contributed by atoms with E-state index >= 15 is 0 Å². The standard InChI is InChI=1S/C20H22N6O/c21-19-17(27-12-15-3-1-2-6-23-15)9-14(11-24-19)16-10-18-20(4-7-22-13-20)5-8-26(18)25-16/h1-3,6,9-11,22H,4-5,7-8,12-13H2,(H2,21,24). The van der Waals surface area contributed by atoms with Gasteiger partial charge in [0.1, 0.15) is 6.61 Å². The first-order valence-electron chi connectivity index (χ1n) is 9.31. The van der Waals surface area contributed by atoms with E-state index in [0.29, 0.717) is 18.2 Å². The number of anilines is 1. The number of pyridine rings is 2. The zero-order valence-electron chi connectivity index (χ0n) is 15.1. The number of nitrogens with one attached hydrogen (secondary N) is 1. The van der Waals surface area contributed by atoms with Crippen LogP contribution in [0.4, 0.5) is 5.82 Å². The summed E-state index contributed by atoms with van der Waals surface area (Å²) in [5.74, 6) is 0.932. The van der Waals surface area contributed by atoms with Crippen LogP contribution in [0.5, 0.6) is 5.75 Å². The molecule has 1 unspecified atom stereocenters. The average Bonchev–Trinajstić information content (AvgIpc) is 3.41. The molecule has 1 spiro atoms. The molecule has 1 atom stereocenters. The molecule has 2 aliphatic rings. The summed E-state index contributed by atoms with van der Waals surface area (Å²) in [6.07, 6.45) is 5.86. The number of aryl methyl sites for hydroxylation is 1. The normalized spacial score (nSPS) is 20.9. The lowest BCUT2D eigenvalue weighted by molar-refractivity contribution is 0.302. The van der Waals surface area contributed by atoms with Crippen molar-refractivity contribution < 1.29 is 4.74 Å². The zero-order valence-corrected chi connectivity index (χ0v) is 15.1. The topological polar surface area (TPSA) is 90.9 Å². The van der Waals surface area contributed by atoms with Crippen LogP contribution in [0, 0.1) is 0 Å². The molecule has 0 radical (unpaired) electrons. The second kappa shape index (κ2) is 6.35. The second-order valence-corrected chi connectivity index (χ2v) is 7.31. The number of hydrogen-bond donors (Lipinski definition) is 2. The monoisotopic (exact) mass is 362 g/mol. The molecule has 0 amide bonds. The first-order valence-corrected chi connectivity index (χ1v) is 9.31. The van der Waals surface area contributed by atoms with Crippen LogP contribution >= 0.6 is 0 Å². The number of nitrogens with zero attached hydrogens (tertiary/aromatic N) is 4. The minimum Gasteiger partial charge on any atom is -0.483 e. The van der Waals surface area contributed by atoms with Crippen LogP contribution < -0.4 is 15.8 Å². The fourth-order valence-corrected chi connectivity index (χ4v) is 4.12. The summed E-state index contributed by atoms with van der Waals surface area (Å²) in [6, 6.07) is 9.86. The van der Waals surface area contributed by atoms with Crippen molar-refractivity contribution in [3.8, 4) is 17.0 Å². The number of nitrogens with two attached hydrogens (primary N) is 1. The van der Waals surface area contributed by atoms with Gasteiger partial charge in [-0.3, -0.25) is 9.67 Å². The molecule has 0 saturated carbocycles. The largest absolute Gasteiger partial charge is 0.483 e. The molecule has 3 aromatic heterocycles. The van der Waals surface area contributed by atoms with Gasteiger partial charge in [-0.1, -0.05) is 6.07 Å². The lowest BCUT2D eigenvalue weighted by atomic mass is 9.82. The van der Waals surface area contributed by atoms with Crippen molar-refractivity contribution in [1.29, 1.82) is 0 Å². The molecule has 7 nitrogen and oxygen atoms in total. The molecular weight excluding hydrogens is 340 g/mol. The van der Waals surface area contributed by atoms with E-state index in [1.54, 1.807) is 12.4 Å². The van der Waals surface area contributed by atoms with E-state index in [2.05, 4.69) is 26.0 Å². The van der Waals surface area contributed by atoms with Crippen molar-refractivity contribution in [3.05, 3.63) is 54.1 Å². The molecule has 0 aliphatic carbocycles. The molecule has 27 heavy (non-hydrogen) atoms. The smallest absolute Gasteiger partial charge is 0.166 e. The van der Waals surface area contributed by atoms with E-state index in [1.165, 1.54) is 18.5 Å². The Bertz CT molecular complexity index is 962. The molecule has 0 bridgehead atoms. The van der Waals surface area contributed by atoms with Crippen LogP contribution in [0.2, 0.25) is 0 Å². The van der Waals surface area contributed by atoms with E-state index in [-0.39, 0.29) is 5.41 Å². The van der Waals surface area contributed by atoms with Crippen LogP contribution in [-0.4, -0.2) is 32.8 Å². The number of ether oxygens (including phenoxy) is 1. The highest BCUT2D eigenvalue weighted by Crippen LogP contribution is 2.41. The summed E-state index contributed by atoms with van der Waals surface area (Å²) in [5.41, 5.74) is 10.3. The summed E-state index contributed by atoms with van der Waals surface area (Å²) in [7, 11) is 0. The molecule has 7 heteroatoms. The third-order valence-corrected chi connectivity index (χ3v) is 5.65. The van der Waals surface area contributed by atoms with Gasteiger partial charge in [0.2, 0.25) is 0 Å². The van der Waals surface area contributed by atoms with Crippen LogP contribution in [0.1, 0.15) is 24.2 Å². The summed E-state index contributed by atoms with van der Waals surface area (Å²) < 4.78 is 8.01. The minimum absolute atomic E-state index is 0.241. The van der Waals surface area contributed by atoms with Crippen LogP contribution in [0.15, 0.2) is 42.7 Å². The van der Waals surface area contributed by atoms with E-state index in [4.69, 9.17) is 15.6 Å². The third-order valence-electron chi connectivity index (χ3n) is 5.65. The van der Waals surface area contributed by atoms with Gasteiger partial charge in [-0.2, -0.15) is 5.10 Å². The Labute approximate surface area is 157 Å². The maximum atomic E-state index is 6.01.